The molecule has 1 aromatic heterocycles. The Morgan fingerprint density at radius 2 is 1.54 bits per heavy atom. The van der Waals surface area contributed by atoms with Crippen molar-refractivity contribution in [3.63, 3.8) is 0 Å². The number of carbonyl (C=O) groups is 1. The summed E-state index contributed by atoms with van der Waals surface area (Å²) in [5, 5.41) is 2.89. The molecule has 0 atom stereocenters. The Morgan fingerprint density at radius 1 is 0.958 bits per heavy atom. The molecular formula is C20H20N2O2. The van der Waals surface area contributed by atoms with Gasteiger partial charge in [-0.15, -0.1) is 0 Å². The Morgan fingerprint density at radius 3 is 2.17 bits per heavy atom. The van der Waals surface area contributed by atoms with Gasteiger partial charge < -0.3 is 9.73 Å². The van der Waals surface area contributed by atoms with Gasteiger partial charge in [0.15, 0.2) is 0 Å². The minimum atomic E-state index is -0.116. The molecule has 1 N–H and O–H groups in total. The van der Waals surface area contributed by atoms with Crippen LogP contribution in [0.3, 0.4) is 0 Å². The monoisotopic (exact) mass is 320 g/mol. The molecule has 0 aliphatic heterocycles. The van der Waals surface area contributed by atoms with E-state index in [-0.39, 0.29) is 5.91 Å². The zero-order chi connectivity index (χ0) is 17.1. The molecular weight excluding hydrogens is 300 g/mol. The van der Waals surface area contributed by atoms with Gasteiger partial charge in [-0.05, 0) is 45.0 Å². The molecule has 4 nitrogen and oxygen atoms in total. The van der Waals surface area contributed by atoms with Gasteiger partial charge in [0.2, 0.25) is 5.89 Å². The topological polar surface area (TPSA) is 55.1 Å². The second-order valence-corrected chi connectivity index (χ2v) is 5.94. The highest BCUT2D eigenvalue weighted by Gasteiger charge is 2.13. The maximum Gasteiger partial charge on any atom is 0.251 e. The van der Waals surface area contributed by atoms with E-state index in [0.29, 0.717) is 18.0 Å². The number of nitrogens with zero attached hydrogens (tertiary/aromatic N) is 1. The van der Waals surface area contributed by atoms with Crippen molar-refractivity contribution in [2.45, 2.75) is 27.3 Å². The zero-order valence-electron chi connectivity index (χ0n) is 14.1. The van der Waals surface area contributed by atoms with Gasteiger partial charge in [0.1, 0.15) is 11.5 Å². The summed E-state index contributed by atoms with van der Waals surface area (Å²) in [5.74, 6) is 1.18. The quantitative estimate of drug-likeness (QED) is 0.784. The average Bonchev–Trinajstić information content (AvgIpc) is 2.95. The lowest BCUT2D eigenvalue weighted by Crippen LogP contribution is -2.23. The summed E-state index contributed by atoms with van der Waals surface area (Å²) in [4.78, 5) is 16.7. The largest absolute Gasteiger partial charge is 0.441 e. The molecule has 0 fully saturated rings. The first-order valence-electron chi connectivity index (χ1n) is 7.91. The molecule has 0 radical (unpaired) electrons. The van der Waals surface area contributed by atoms with Crippen LogP contribution in [0.15, 0.2) is 52.9 Å². The molecule has 0 aliphatic carbocycles. The normalized spacial score (nSPS) is 10.6. The molecule has 122 valence electrons. The number of carbonyl (C=O) groups excluding carboxylic acids is 1. The van der Waals surface area contributed by atoms with Crippen LogP contribution in [0, 0.1) is 20.8 Å². The minimum Gasteiger partial charge on any atom is -0.441 e. The van der Waals surface area contributed by atoms with Crippen LogP contribution in [-0.4, -0.2) is 10.9 Å². The van der Waals surface area contributed by atoms with E-state index < -0.39 is 0 Å². The lowest BCUT2D eigenvalue weighted by Gasteiger charge is -2.04. The molecule has 3 aromatic rings. The molecule has 0 spiro atoms. The van der Waals surface area contributed by atoms with Crippen LogP contribution in [0.25, 0.3) is 11.5 Å². The molecule has 0 aliphatic rings. The number of aromatic nitrogens is 1. The van der Waals surface area contributed by atoms with Crippen LogP contribution < -0.4 is 5.32 Å². The van der Waals surface area contributed by atoms with Gasteiger partial charge in [0.05, 0.1) is 6.54 Å². The smallest absolute Gasteiger partial charge is 0.251 e. The maximum absolute atomic E-state index is 12.2. The third-order valence-corrected chi connectivity index (χ3v) is 3.92. The SMILES string of the molecule is Cc1ccc(C(=O)NCc2nc(-c3ccc(C)cc3)oc2C)cc1. The minimum absolute atomic E-state index is 0.116. The number of amides is 1. The fraction of sp³-hybridized carbons (Fsp3) is 0.200. The predicted octanol–water partition coefficient (Wildman–Crippen LogP) is 4.20. The Labute approximate surface area is 141 Å². The van der Waals surface area contributed by atoms with Gasteiger partial charge in [0, 0.05) is 11.1 Å². The summed E-state index contributed by atoms with van der Waals surface area (Å²) in [6.07, 6.45) is 0. The molecule has 1 heterocycles. The van der Waals surface area contributed by atoms with E-state index in [1.165, 1.54) is 5.56 Å². The van der Waals surface area contributed by atoms with Crippen molar-refractivity contribution in [1.82, 2.24) is 10.3 Å². The van der Waals surface area contributed by atoms with E-state index in [1.807, 2.05) is 69.3 Å². The van der Waals surface area contributed by atoms with Crippen LogP contribution in [-0.2, 0) is 6.54 Å². The molecule has 0 saturated heterocycles. The van der Waals surface area contributed by atoms with Crippen molar-refractivity contribution >= 4 is 5.91 Å². The second-order valence-electron chi connectivity index (χ2n) is 5.94. The highest BCUT2D eigenvalue weighted by atomic mass is 16.4. The summed E-state index contributed by atoms with van der Waals surface area (Å²) in [5.41, 5.74) is 4.63. The molecule has 1 amide bonds. The molecule has 3 rings (SSSR count). The fourth-order valence-electron chi connectivity index (χ4n) is 2.38. The first-order valence-corrected chi connectivity index (χ1v) is 7.91. The predicted molar refractivity (Wildman–Crippen MR) is 93.8 cm³/mol. The Balaban J connectivity index is 1.70. The Kier molecular flexibility index (Phi) is 4.47. The van der Waals surface area contributed by atoms with Crippen LogP contribution in [0.1, 0.15) is 32.9 Å². The fourth-order valence-corrected chi connectivity index (χ4v) is 2.38. The van der Waals surface area contributed by atoms with E-state index in [1.54, 1.807) is 0 Å². The lowest BCUT2D eigenvalue weighted by atomic mass is 10.1. The van der Waals surface area contributed by atoms with Gasteiger partial charge in [-0.3, -0.25) is 4.79 Å². The summed E-state index contributed by atoms with van der Waals surface area (Å²) in [7, 11) is 0. The Bertz CT molecular complexity index is 846. The van der Waals surface area contributed by atoms with Crippen molar-refractivity contribution in [2.24, 2.45) is 0 Å². The third-order valence-electron chi connectivity index (χ3n) is 3.92. The van der Waals surface area contributed by atoms with E-state index in [2.05, 4.69) is 10.3 Å². The summed E-state index contributed by atoms with van der Waals surface area (Å²) < 4.78 is 5.73. The Hall–Kier alpha value is -2.88. The van der Waals surface area contributed by atoms with Crippen LogP contribution in [0.5, 0.6) is 0 Å². The molecule has 4 heteroatoms. The van der Waals surface area contributed by atoms with Crippen LogP contribution >= 0.6 is 0 Å². The van der Waals surface area contributed by atoms with Gasteiger partial charge in [0.25, 0.3) is 5.91 Å². The maximum atomic E-state index is 12.2. The van der Waals surface area contributed by atoms with Crippen molar-refractivity contribution in [3.8, 4) is 11.5 Å². The van der Waals surface area contributed by atoms with Gasteiger partial charge in [-0.2, -0.15) is 0 Å². The van der Waals surface area contributed by atoms with Crippen LogP contribution in [0.4, 0.5) is 0 Å². The molecule has 0 unspecified atom stereocenters. The zero-order valence-corrected chi connectivity index (χ0v) is 14.1. The first kappa shape index (κ1) is 16.0. The van der Waals surface area contributed by atoms with Crippen molar-refractivity contribution in [2.75, 3.05) is 0 Å². The molecule has 0 saturated carbocycles. The highest BCUT2D eigenvalue weighted by Crippen LogP contribution is 2.22. The van der Waals surface area contributed by atoms with E-state index in [0.717, 1.165) is 22.6 Å². The van der Waals surface area contributed by atoms with Gasteiger partial charge in [-0.25, -0.2) is 4.98 Å². The number of rotatable bonds is 4. The van der Waals surface area contributed by atoms with Crippen molar-refractivity contribution in [3.05, 3.63) is 76.7 Å². The number of oxazole rings is 1. The van der Waals surface area contributed by atoms with E-state index in [4.69, 9.17) is 4.42 Å². The molecule has 0 bridgehead atoms. The number of hydrogen-bond acceptors (Lipinski definition) is 3. The highest BCUT2D eigenvalue weighted by molar-refractivity contribution is 5.94. The standard InChI is InChI=1S/C20H20N2O2/c1-13-4-8-16(9-5-13)19(23)21-12-18-15(3)24-20(22-18)17-10-6-14(2)7-11-17/h4-11H,12H2,1-3H3,(H,21,23). The van der Waals surface area contributed by atoms with Crippen molar-refractivity contribution in [1.29, 1.82) is 0 Å². The van der Waals surface area contributed by atoms with E-state index >= 15 is 0 Å². The number of nitrogens with one attached hydrogen (secondary N) is 1. The number of hydrogen-bond donors (Lipinski definition) is 1. The summed E-state index contributed by atoms with van der Waals surface area (Å²) in [6.45, 7) is 6.23. The second kappa shape index (κ2) is 6.71. The van der Waals surface area contributed by atoms with Crippen molar-refractivity contribution < 1.29 is 9.21 Å². The number of aryl methyl sites for hydroxylation is 3. The average molecular weight is 320 g/mol. The molecule has 2 aromatic carbocycles. The lowest BCUT2D eigenvalue weighted by molar-refractivity contribution is 0.0950. The third kappa shape index (κ3) is 3.54. The number of benzene rings is 2. The van der Waals surface area contributed by atoms with Crippen LogP contribution in [0.2, 0.25) is 0 Å². The molecule has 24 heavy (non-hydrogen) atoms. The summed E-state index contributed by atoms with van der Waals surface area (Å²) >= 11 is 0. The van der Waals surface area contributed by atoms with E-state index in [9.17, 15) is 4.79 Å². The van der Waals surface area contributed by atoms with Gasteiger partial charge in [-0.1, -0.05) is 35.4 Å². The first-order chi connectivity index (χ1) is 11.5. The van der Waals surface area contributed by atoms with Gasteiger partial charge >= 0.3 is 0 Å². The summed E-state index contributed by atoms with van der Waals surface area (Å²) in [6, 6.07) is 15.5.